The topological polar surface area (TPSA) is 78.6 Å². The fraction of sp³-hybridized carbons (Fsp3) is 0.500. The number of nitrogens with two attached hydrogens (primary N) is 1. The third-order valence-corrected chi connectivity index (χ3v) is 3.97. The number of carbonyl (C=O) groups is 1. The molecule has 0 atom stereocenters. The highest BCUT2D eigenvalue weighted by molar-refractivity contribution is 6.31. The van der Waals surface area contributed by atoms with E-state index >= 15 is 0 Å². The number of hydrogen-bond donors (Lipinski definition) is 3. The zero-order valence-electron chi connectivity index (χ0n) is 11.3. The molecule has 1 fully saturated rings. The summed E-state index contributed by atoms with van der Waals surface area (Å²) in [5.41, 5.74) is 3.51. The van der Waals surface area contributed by atoms with Gasteiger partial charge in [-0.3, -0.25) is 10.6 Å². The Bertz CT molecular complexity index is 475. The molecule has 0 aliphatic heterocycles. The summed E-state index contributed by atoms with van der Waals surface area (Å²) in [7, 11) is 0. The van der Waals surface area contributed by atoms with E-state index in [0.717, 1.165) is 25.7 Å². The van der Waals surface area contributed by atoms with E-state index in [2.05, 4.69) is 5.43 Å². The second-order valence-corrected chi connectivity index (χ2v) is 5.43. The zero-order valence-corrected chi connectivity index (χ0v) is 12.1. The van der Waals surface area contributed by atoms with Crippen LogP contribution in [0.1, 0.15) is 36.0 Å². The Morgan fingerprint density at radius 2 is 2.15 bits per heavy atom. The first kappa shape index (κ1) is 15.1. The van der Waals surface area contributed by atoms with Crippen molar-refractivity contribution in [3.05, 3.63) is 28.8 Å². The van der Waals surface area contributed by atoms with E-state index < -0.39 is 0 Å². The third kappa shape index (κ3) is 3.23. The number of hydrazine groups is 1. The number of anilines is 1. The number of rotatable bonds is 5. The quantitative estimate of drug-likeness (QED) is 0.574. The molecular weight excluding hydrogens is 278 g/mol. The second kappa shape index (κ2) is 6.92. The summed E-state index contributed by atoms with van der Waals surface area (Å²) in [4.78, 5) is 14.4. The van der Waals surface area contributed by atoms with Crippen LogP contribution in [-0.2, 0) is 0 Å². The molecule has 1 aliphatic carbocycles. The molecule has 0 bridgehead atoms. The van der Waals surface area contributed by atoms with E-state index in [-0.39, 0.29) is 18.6 Å². The molecule has 5 nitrogen and oxygen atoms in total. The number of hydrogen-bond acceptors (Lipinski definition) is 4. The molecule has 1 aliphatic rings. The monoisotopic (exact) mass is 297 g/mol. The van der Waals surface area contributed by atoms with Crippen LogP contribution >= 0.6 is 11.6 Å². The molecular formula is C14H20ClN3O2. The summed E-state index contributed by atoms with van der Waals surface area (Å²) < 4.78 is 0. The first-order valence-electron chi connectivity index (χ1n) is 6.85. The highest BCUT2D eigenvalue weighted by Gasteiger charge is 2.28. The maximum Gasteiger partial charge on any atom is 0.256 e. The Morgan fingerprint density at radius 1 is 1.45 bits per heavy atom. The van der Waals surface area contributed by atoms with Crippen LogP contribution < -0.4 is 11.3 Å². The van der Waals surface area contributed by atoms with Gasteiger partial charge in [-0.15, -0.1) is 0 Å². The number of nitrogen functional groups attached to an aromatic ring is 1. The zero-order chi connectivity index (χ0) is 14.5. The lowest BCUT2D eigenvalue weighted by molar-refractivity contribution is 0.0639. The van der Waals surface area contributed by atoms with Gasteiger partial charge < -0.3 is 15.4 Å². The molecule has 0 heterocycles. The van der Waals surface area contributed by atoms with Crippen molar-refractivity contribution >= 4 is 23.2 Å². The molecule has 0 unspecified atom stereocenters. The van der Waals surface area contributed by atoms with E-state index in [1.165, 1.54) is 0 Å². The Labute approximate surface area is 123 Å². The maximum atomic E-state index is 12.7. The molecule has 0 saturated heterocycles. The largest absolute Gasteiger partial charge is 0.395 e. The van der Waals surface area contributed by atoms with Gasteiger partial charge in [0.25, 0.3) is 5.91 Å². The van der Waals surface area contributed by atoms with Crippen LogP contribution in [0.15, 0.2) is 18.2 Å². The number of nitrogens with zero attached hydrogens (tertiary/aromatic N) is 1. The van der Waals surface area contributed by atoms with E-state index in [9.17, 15) is 9.90 Å². The van der Waals surface area contributed by atoms with Gasteiger partial charge >= 0.3 is 0 Å². The average molecular weight is 298 g/mol. The third-order valence-electron chi connectivity index (χ3n) is 3.73. The second-order valence-electron chi connectivity index (χ2n) is 4.99. The molecule has 1 aromatic carbocycles. The standard InChI is InChI=1S/C14H20ClN3O2/c15-10-5-6-13(17-16)12(9-10)14(20)18(7-8-19)11-3-1-2-4-11/h5-6,9,11,17,19H,1-4,7-8,16H2. The van der Waals surface area contributed by atoms with Crippen molar-refractivity contribution in [2.45, 2.75) is 31.7 Å². The van der Waals surface area contributed by atoms with Crippen LogP contribution in [0, 0.1) is 0 Å². The minimum atomic E-state index is -0.138. The Hall–Kier alpha value is -1.30. The summed E-state index contributed by atoms with van der Waals surface area (Å²) >= 11 is 5.97. The SMILES string of the molecule is NNc1ccc(Cl)cc1C(=O)N(CCO)C1CCCC1. The van der Waals surface area contributed by atoms with Crippen LogP contribution in [0.3, 0.4) is 0 Å². The predicted molar refractivity (Wildman–Crippen MR) is 79.6 cm³/mol. The minimum absolute atomic E-state index is 0.0474. The number of aliphatic hydroxyl groups is 1. The van der Waals surface area contributed by atoms with Crippen molar-refractivity contribution < 1.29 is 9.90 Å². The molecule has 20 heavy (non-hydrogen) atoms. The van der Waals surface area contributed by atoms with Gasteiger partial charge in [0.2, 0.25) is 0 Å². The summed E-state index contributed by atoms with van der Waals surface area (Å²) in [6.45, 7) is 0.286. The van der Waals surface area contributed by atoms with Crippen molar-refractivity contribution in [3.63, 3.8) is 0 Å². The van der Waals surface area contributed by atoms with Crippen molar-refractivity contribution in [1.82, 2.24) is 4.90 Å². The smallest absolute Gasteiger partial charge is 0.256 e. The highest BCUT2D eigenvalue weighted by Crippen LogP contribution is 2.27. The Morgan fingerprint density at radius 3 is 2.75 bits per heavy atom. The lowest BCUT2D eigenvalue weighted by atomic mass is 10.1. The van der Waals surface area contributed by atoms with Crippen molar-refractivity contribution in [2.24, 2.45) is 5.84 Å². The van der Waals surface area contributed by atoms with Crippen molar-refractivity contribution in [3.8, 4) is 0 Å². The molecule has 0 spiro atoms. The number of benzene rings is 1. The summed E-state index contributed by atoms with van der Waals surface area (Å²) in [6, 6.07) is 5.17. The van der Waals surface area contributed by atoms with Gasteiger partial charge in [-0.2, -0.15) is 0 Å². The van der Waals surface area contributed by atoms with Crippen LogP contribution in [0.2, 0.25) is 5.02 Å². The number of amides is 1. The normalized spacial score (nSPS) is 15.3. The van der Waals surface area contributed by atoms with Crippen LogP contribution in [0.25, 0.3) is 0 Å². The fourth-order valence-corrected chi connectivity index (χ4v) is 2.92. The first-order chi connectivity index (χ1) is 9.67. The maximum absolute atomic E-state index is 12.7. The van der Waals surface area contributed by atoms with Gasteiger partial charge in [0.1, 0.15) is 0 Å². The number of halogens is 1. The molecule has 2 rings (SSSR count). The predicted octanol–water partition coefficient (Wildman–Crippen LogP) is 2.00. The van der Waals surface area contributed by atoms with Gasteiger partial charge in [0, 0.05) is 17.6 Å². The summed E-state index contributed by atoms with van der Waals surface area (Å²) in [5.74, 6) is 5.32. The number of aliphatic hydroxyl groups excluding tert-OH is 1. The van der Waals surface area contributed by atoms with E-state index in [1.807, 2.05) is 0 Å². The molecule has 1 amide bonds. The van der Waals surface area contributed by atoms with Crippen LogP contribution in [-0.4, -0.2) is 35.1 Å². The summed E-state index contributed by atoms with van der Waals surface area (Å²) in [6.07, 6.45) is 4.21. The molecule has 1 saturated carbocycles. The molecule has 110 valence electrons. The van der Waals surface area contributed by atoms with Gasteiger partial charge in [0.05, 0.1) is 17.9 Å². The number of nitrogens with one attached hydrogen (secondary N) is 1. The minimum Gasteiger partial charge on any atom is -0.395 e. The van der Waals surface area contributed by atoms with Crippen LogP contribution in [0.4, 0.5) is 5.69 Å². The fourth-order valence-electron chi connectivity index (χ4n) is 2.75. The van der Waals surface area contributed by atoms with E-state index in [0.29, 0.717) is 22.8 Å². The van der Waals surface area contributed by atoms with Crippen molar-refractivity contribution in [1.29, 1.82) is 0 Å². The Balaban J connectivity index is 2.28. The first-order valence-corrected chi connectivity index (χ1v) is 7.23. The molecule has 6 heteroatoms. The Kier molecular flexibility index (Phi) is 5.23. The lowest BCUT2D eigenvalue weighted by Gasteiger charge is -2.29. The molecule has 0 aromatic heterocycles. The highest BCUT2D eigenvalue weighted by atomic mass is 35.5. The number of carbonyl (C=O) groups excluding carboxylic acids is 1. The van der Waals surface area contributed by atoms with Gasteiger partial charge in [0.15, 0.2) is 0 Å². The van der Waals surface area contributed by atoms with Gasteiger partial charge in [-0.1, -0.05) is 24.4 Å². The van der Waals surface area contributed by atoms with Crippen LogP contribution in [0.5, 0.6) is 0 Å². The van der Waals surface area contributed by atoms with E-state index in [1.54, 1.807) is 23.1 Å². The summed E-state index contributed by atoms with van der Waals surface area (Å²) in [5, 5.41) is 9.70. The molecule has 4 N–H and O–H groups in total. The molecule has 0 radical (unpaired) electrons. The van der Waals surface area contributed by atoms with Crippen molar-refractivity contribution in [2.75, 3.05) is 18.6 Å². The van der Waals surface area contributed by atoms with Gasteiger partial charge in [-0.05, 0) is 31.0 Å². The van der Waals surface area contributed by atoms with Gasteiger partial charge in [-0.25, -0.2) is 0 Å². The lowest BCUT2D eigenvalue weighted by Crippen LogP contribution is -2.41. The average Bonchev–Trinajstić information content (AvgIpc) is 2.98. The van der Waals surface area contributed by atoms with E-state index in [4.69, 9.17) is 17.4 Å². The molecule has 1 aromatic rings.